The van der Waals surface area contributed by atoms with Gasteiger partial charge in [0.25, 0.3) is 5.91 Å². The molecule has 8 nitrogen and oxygen atoms in total. The number of hydrogen-bond acceptors (Lipinski definition) is 5. The van der Waals surface area contributed by atoms with Gasteiger partial charge in [-0.2, -0.15) is 0 Å². The average Bonchev–Trinajstić information content (AvgIpc) is 3.22. The second-order valence-corrected chi connectivity index (χ2v) is 7.55. The van der Waals surface area contributed by atoms with E-state index in [0.717, 1.165) is 10.5 Å². The van der Waals surface area contributed by atoms with Crippen LogP contribution in [0.5, 0.6) is 11.5 Å². The van der Waals surface area contributed by atoms with E-state index in [1.165, 1.54) is 12.1 Å². The molecule has 1 atom stereocenters. The molecule has 4 amide bonds. The summed E-state index contributed by atoms with van der Waals surface area (Å²) in [5.41, 5.74) is 0.239. The summed E-state index contributed by atoms with van der Waals surface area (Å²) in [4.78, 5) is 38.4. The Bertz CT molecular complexity index is 1060. The first-order valence-electron chi connectivity index (χ1n) is 9.34. The lowest BCUT2D eigenvalue weighted by atomic mass is 9.92. The van der Waals surface area contributed by atoms with Crippen LogP contribution in [0.1, 0.15) is 18.1 Å². The molecule has 2 aliphatic heterocycles. The van der Waals surface area contributed by atoms with E-state index in [0.29, 0.717) is 17.1 Å². The number of aryl methyl sites for hydroxylation is 1. The average molecular weight is 413 g/mol. The molecule has 2 N–H and O–H groups in total. The van der Waals surface area contributed by atoms with Crippen LogP contribution in [0.2, 0.25) is 0 Å². The van der Waals surface area contributed by atoms with E-state index in [9.17, 15) is 18.8 Å². The third-order valence-electron chi connectivity index (χ3n) is 5.04. The van der Waals surface area contributed by atoms with E-state index in [2.05, 4.69) is 10.6 Å². The standard InChI is InChI=1S/C21H20FN3O5/c1-12-3-5-15(14(22)7-12)23-18(26)10-25-19(27)21(2,24-20(25)28)9-13-4-6-16-17(8-13)30-11-29-16/h3-8H,9-11H2,1-2H3,(H,23,26)(H,24,28)/t21-/m1/s1. The SMILES string of the molecule is Cc1ccc(NC(=O)CN2C(=O)N[C@](C)(Cc3ccc4c(c3)OCO4)C2=O)c(F)c1. The van der Waals surface area contributed by atoms with Crippen molar-refractivity contribution in [1.82, 2.24) is 10.2 Å². The Morgan fingerprint density at radius 3 is 2.73 bits per heavy atom. The first-order chi connectivity index (χ1) is 14.2. The zero-order chi connectivity index (χ0) is 21.5. The highest BCUT2D eigenvalue weighted by molar-refractivity contribution is 6.10. The second-order valence-electron chi connectivity index (χ2n) is 7.55. The molecular formula is C21H20FN3O5. The highest BCUT2D eigenvalue weighted by Crippen LogP contribution is 2.34. The molecule has 1 saturated heterocycles. The number of nitrogens with one attached hydrogen (secondary N) is 2. The summed E-state index contributed by atoms with van der Waals surface area (Å²) in [7, 11) is 0. The zero-order valence-electron chi connectivity index (χ0n) is 16.5. The number of anilines is 1. The molecular weight excluding hydrogens is 393 g/mol. The van der Waals surface area contributed by atoms with Crippen LogP contribution < -0.4 is 20.1 Å². The Morgan fingerprint density at radius 2 is 1.97 bits per heavy atom. The smallest absolute Gasteiger partial charge is 0.325 e. The number of hydrogen-bond donors (Lipinski definition) is 2. The molecule has 0 saturated carbocycles. The van der Waals surface area contributed by atoms with Crippen molar-refractivity contribution >= 4 is 23.5 Å². The van der Waals surface area contributed by atoms with Crippen LogP contribution in [0.3, 0.4) is 0 Å². The van der Waals surface area contributed by atoms with Gasteiger partial charge in [-0.15, -0.1) is 0 Å². The van der Waals surface area contributed by atoms with Crippen molar-refractivity contribution in [2.75, 3.05) is 18.7 Å². The minimum Gasteiger partial charge on any atom is -0.454 e. The van der Waals surface area contributed by atoms with Crippen molar-refractivity contribution in [3.63, 3.8) is 0 Å². The van der Waals surface area contributed by atoms with Crippen molar-refractivity contribution < 1.29 is 28.2 Å². The number of nitrogens with zero attached hydrogens (tertiary/aromatic N) is 1. The lowest BCUT2D eigenvalue weighted by Gasteiger charge is -2.22. The predicted molar refractivity (Wildman–Crippen MR) is 105 cm³/mol. The third kappa shape index (κ3) is 3.66. The summed E-state index contributed by atoms with van der Waals surface area (Å²) in [5, 5.41) is 5.04. The van der Waals surface area contributed by atoms with Crippen molar-refractivity contribution in [1.29, 1.82) is 0 Å². The molecule has 2 aliphatic rings. The van der Waals surface area contributed by atoms with Crippen LogP contribution in [0, 0.1) is 12.7 Å². The number of benzene rings is 2. The second kappa shape index (κ2) is 7.33. The maximum absolute atomic E-state index is 13.9. The van der Waals surface area contributed by atoms with Crippen LogP contribution in [0.25, 0.3) is 0 Å². The summed E-state index contributed by atoms with van der Waals surface area (Å²) >= 11 is 0. The Labute approximate surface area is 171 Å². The maximum atomic E-state index is 13.9. The Kier molecular flexibility index (Phi) is 4.81. The van der Waals surface area contributed by atoms with Gasteiger partial charge in [0, 0.05) is 6.42 Å². The van der Waals surface area contributed by atoms with Crippen molar-refractivity contribution in [2.45, 2.75) is 25.8 Å². The molecule has 9 heteroatoms. The summed E-state index contributed by atoms with van der Waals surface area (Å²) < 4.78 is 24.6. The molecule has 0 radical (unpaired) electrons. The fourth-order valence-corrected chi connectivity index (χ4v) is 3.52. The van der Waals surface area contributed by atoms with Crippen LogP contribution in [-0.4, -0.2) is 41.6 Å². The van der Waals surface area contributed by atoms with E-state index < -0.39 is 35.7 Å². The van der Waals surface area contributed by atoms with E-state index in [1.54, 1.807) is 38.1 Å². The normalized spacial score (nSPS) is 19.8. The van der Waals surface area contributed by atoms with Crippen molar-refractivity contribution in [3.8, 4) is 11.5 Å². The van der Waals surface area contributed by atoms with E-state index >= 15 is 0 Å². The largest absolute Gasteiger partial charge is 0.454 e. The lowest BCUT2D eigenvalue weighted by Crippen LogP contribution is -2.46. The number of carbonyl (C=O) groups is 3. The highest BCUT2D eigenvalue weighted by Gasteiger charge is 2.48. The van der Waals surface area contributed by atoms with Gasteiger partial charge in [-0.25, -0.2) is 9.18 Å². The number of carbonyl (C=O) groups excluding carboxylic acids is 3. The van der Waals surface area contributed by atoms with Crippen LogP contribution in [0.4, 0.5) is 14.9 Å². The molecule has 0 bridgehead atoms. The molecule has 0 aromatic heterocycles. The van der Waals surface area contributed by atoms with E-state index in [4.69, 9.17) is 9.47 Å². The van der Waals surface area contributed by atoms with Gasteiger partial charge in [-0.3, -0.25) is 14.5 Å². The van der Waals surface area contributed by atoms with Gasteiger partial charge >= 0.3 is 6.03 Å². The van der Waals surface area contributed by atoms with Crippen LogP contribution in [-0.2, 0) is 16.0 Å². The number of halogens is 1. The van der Waals surface area contributed by atoms with Gasteiger partial charge in [0.15, 0.2) is 11.5 Å². The quantitative estimate of drug-likeness (QED) is 0.734. The molecule has 2 aromatic carbocycles. The minimum absolute atomic E-state index is 0.0132. The first kappa shape index (κ1) is 19.7. The minimum atomic E-state index is -1.22. The molecule has 1 fully saturated rings. The highest BCUT2D eigenvalue weighted by atomic mass is 19.1. The lowest BCUT2D eigenvalue weighted by molar-refractivity contribution is -0.133. The fraction of sp³-hybridized carbons (Fsp3) is 0.286. The van der Waals surface area contributed by atoms with Gasteiger partial charge in [0.1, 0.15) is 17.9 Å². The fourth-order valence-electron chi connectivity index (χ4n) is 3.52. The predicted octanol–water partition coefficient (Wildman–Crippen LogP) is 2.35. The molecule has 0 aliphatic carbocycles. The Hall–Kier alpha value is -3.62. The number of urea groups is 1. The molecule has 2 aromatic rings. The Balaban J connectivity index is 1.44. The number of imide groups is 1. The number of amides is 4. The molecule has 156 valence electrons. The van der Waals surface area contributed by atoms with Crippen LogP contribution in [0.15, 0.2) is 36.4 Å². The van der Waals surface area contributed by atoms with Gasteiger partial charge in [-0.05, 0) is 49.2 Å². The molecule has 30 heavy (non-hydrogen) atoms. The van der Waals surface area contributed by atoms with E-state index in [1.807, 2.05) is 0 Å². The molecule has 2 heterocycles. The van der Waals surface area contributed by atoms with Gasteiger partial charge in [-0.1, -0.05) is 12.1 Å². The molecule has 0 spiro atoms. The number of fused-ring (bicyclic) bond motifs is 1. The van der Waals surface area contributed by atoms with E-state index in [-0.39, 0.29) is 18.9 Å². The molecule has 4 rings (SSSR count). The van der Waals surface area contributed by atoms with Gasteiger partial charge in [0.05, 0.1) is 5.69 Å². The maximum Gasteiger partial charge on any atom is 0.325 e. The third-order valence-corrected chi connectivity index (χ3v) is 5.04. The summed E-state index contributed by atoms with van der Waals surface area (Å²) in [6.45, 7) is 2.93. The van der Waals surface area contributed by atoms with Gasteiger partial charge < -0.3 is 20.1 Å². The zero-order valence-corrected chi connectivity index (χ0v) is 16.5. The summed E-state index contributed by atoms with van der Waals surface area (Å²) in [6.07, 6.45) is 0.207. The number of rotatable bonds is 5. The van der Waals surface area contributed by atoms with Crippen molar-refractivity contribution in [2.24, 2.45) is 0 Å². The van der Waals surface area contributed by atoms with Crippen LogP contribution >= 0.6 is 0 Å². The van der Waals surface area contributed by atoms with Crippen molar-refractivity contribution in [3.05, 3.63) is 53.3 Å². The Morgan fingerprint density at radius 1 is 1.20 bits per heavy atom. The number of ether oxygens (including phenoxy) is 2. The summed E-state index contributed by atoms with van der Waals surface area (Å²) in [6, 6.07) is 8.96. The van der Waals surface area contributed by atoms with Gasteiger partial charge in [0.2, 0.25) is 12.7 Å². The first-order valence-corrected chi connectivity index (χ1v) is 9.34. The monoisotopic (exact) mass is 413 g/mol. The molecule has 0 unspecified atom stereocenters. The summed E-state index contributed by atoms with van der Waals surface area (Å²) in [5.74, 6) is -0.608. The topological polar surface area (TPSA) is 97.0 Å².